The molecule has 2 heterocycles. The molecule has 3 rings (SSSR count). The van der Waals surface area contributed by atoms with Crippen LogP contribution in [0.4, 0.5) is 0 Å². The van der Waals surface area contributed by atoms with E-state index in [-0.39, 0.29) is 5.91 Å². The second-order valence-electron chi connectivity index (χ2n) is 5.02. The summed E-state index contributed by atoms with van der Waals surface area (Å²) >= 11 is 5.87. The summed E-state index contributed by atoms with van der Waals surface area (Å²) in [6, 6.07) is 14.6. The predicted molar refractivity (Wildman–Crippen MR) is 86.8 cm³/mol. The number of fused-ring (bicyclic) bond motifs is 1. The lowest BCUT2D eigenvalue weighted by atomic mass is 10.1. The van der Waals surface area contributed by atoms with E-state index in [1.54, 1.807) is 30.3 Å². The van der Waals surface area contributed by atoms with Gasteiger partial charge in [0.2, 0.25) is 0 Å². The molecule has 0 unspecified atom stereocenters. The van der Waals surface area contributed by atoms with Crippen molar-refractivity contribution in [1.29, 1.82) is 0 Å². The number of pyridine rings is 2. The molecule has 0 spiro atoms. The third-order valence-corrected chi connectivity index (χ3v) is 3.58. The maximum Gasteiger partial charge on any atom is 0.253 e. The van der Waals surface area contributed by atoms with Crippen LogP contribution in [0.3, 0.4) is 0 Å². The molecule has 2 aromatic heterocycles. The molecule has 5 heteroatoms. The number of rotatable bonds is 3. The lowest BCUT2D eigenvalue weighted by Gasteiger charge is -2.17. The third kappa shape index (κ3) is 3.07. The van der Waals surface area contributed by atoms with Crippen molar-refractivity contribution in [3.8, 4) is 0 Å². The first-order chi connectivity index (χ1) is 10.6. The van der Waals surface area contributed by atoms with Gasteiger partial charge in [0.15, 0.2) is 0 Å². The van der Waals surface area contributed by atoms with Gasteiger partial charge in [0.1, 0.15) is 5.15 Å². The van der Waals surface area contributed by atoms with Crippen molar-refractivity contribution in [2.75, 3.05) is 7.05 Å². The summed E-state index contributed by atoms with van der Waals surface area (Å²) in [6.07, 6.45) is 1.72. The summed E-state index contributed by atoms with van der Waals surface area (Å²) in [5.41, 5.74) is 2.25. The third-order valence-electron chi connectivity index (χ3n) is 3.37. The summed E-state index contributed by atoms with van der Waals surface area (Å²) in [6.45, 7) is 0.469. The highest BCUT2D eigenvalue weighted by atomic mass is 35.5. The van der Waals surface area contributed by atoms with Crippen LogP contribution in [0.15, 0.2) is 54.7 Å². The maximum atomic E-state index is 12.5. The maximum absolute atomic E-state index is 12.5. The van der Waals surface area contributed by atoms with E-state index in [1.807, 2.05) is 36.4 Å². The smallest absolute Gasteiger partial charge is 0.253 e. The molecule has 4 nitrogen and oxygen atoms in total. The number of hydrogen-bond donors (Lipinski definition) is 0. The Morgan fingerprint density at radius 3 is 2.82 bits per heavy atom. The number of halogens is 1. The summed E-state index contributed by atoms with van der Waals surface area (Å²) in [5, 5.41) is 1.33. The average Bonchev–Trinajstić information content (AvgIpc) is 2.54. The molecule has 1 aromatic carbocycles. The van der Waals surface area contributed by atoms with Gasteiger partial charge in [-0.05, 0) is 42.5 Å². The quantitative estimate of drug-likeness (QED) is 0.695. The van der Waals surface area contributed by atoms with E-state index in [2.05, 4.69) is 9.97 Å². The molecule has 0 fully saturated rings. The minimum atomic E-state index is -0.0532. The molecule has 0 aliphatic heterocycles. The van der Waals surface area contributed by atoms with Crippen molar-refractivity contribution in [2.24, 2.45) is 0 Å². The van der Waals surface area contributed by atoms with Crippen LogP contribution in [-0.2, 0) is 6.54 Å². The minimum absolute atomic E-state index is 0.0532. The van der Waals surface area contributed by atoms with Crippen molar-refractivity contribution >= 4 is 28.4 Å². The van der Waals surface area contributed by atoms with Crippen LogP contribution < -0.4 is 0 Å². The number of nitrogens with zero attached hydrogens (tertiary/aromatic N) is 3. The van der Waals surface area contributed by atoms with Crippen LogP contribution in [0.1, 0.15) is 16.1 Å². The molecule has 0 aliphatic carbocycles. The van der Waals surface area contributed by atoms with E-state index in [9.17, 15) is 4.79 Å². The number of benzene rings is 1. The second kappa shape index (κ2) is 6.12. The molecule has 0 bridgehead atoms. The van der Waals surface area contributed by atoms with Gasteiger partial charge >= 0.3 is 0 Å². The fourth-order valence-electron chi connectivity index (χ4n) is 2.26. The van der Waals surface area contributed by atoms with Crippen molar-refractivity contribution < 1.29 is 4.79 Å². The van der Waals surface area contributed by atoms with Crippen LogP contribution in [0, 0.1) is 0 Å². The van der Waals surface area contributed by atoms with Crippen LogP contribution in [0.5, 0.6) is 0 Å². The Balaban J connectivity index is 1.83. The molecule has 0 saturated carbocycles. The Labute approximate surface area is 133 Å². The molecule has 110 valence electrons. The van der Waals surface area contributed by atoms with Crippen LogP contribution in [0.25, 0.3) is 10.9 Å². The standard InChI is InChI=1S/C17H14ClN3O/c1-21(11-14-4-2-3-9-19-14)17(22)13-5-7-15-12(10-13)6-8-16(18)20-15/h2-10H,11H2,1H3. The molecule has 0 N–H and O–H groups in total. The van der Waals surface area contributed by atoms with Gasteiger partial charge in [-0.25, -0.2) is 4.98 Å². The van der Waals surface area contributed by atoms with E-state index in [1.165, 1.54) is 0 Å². The Hall–Kier alpha value is -2.46. The van der Waals surface area contributed by atoms with Gasteiger partial charge in [0.25, 0.3) is 5.91 Å². The summed E-state index contributed by atoms with van der Waals surface area (Å²) < 4.78 is 0. The van der Waals surface area contributed by atoms with E-state index < -0.39 is 0 Å². The highest BCUT2D eigenvalue weighted by Crippen LogP contribution is 2.18. The van der Waals surface area contributed by atoms with Gasteiger partial charge in [-0.1, -0.05) is 17.7 Å². The summed E-state index contributed by atoms with van der Waals surface area (Å²) in [5.74, 6) is -0.0532. The fraction of sp³-hybridized carbons (Fsp3) is 0.118. The van der Waals surface area contributed by atoms with E-state index in [4.69, 9.17) is 11.6 Å². The lowest BCUT2D eigenvalue weighted by molar-refractivity contribution is 0.0783. The normalized spacial score (nSPS) is 10.6. The van der Waals surface area contributed by atoms with E-state index in [0.717, 1.165) is 16.6 Å². The number of hydrogen-bond acceptors (Lipinski definition) is 3. The van der Waals surface area contributed by atoms with Crippen LogP contribution in [-0.4, -0.2) is 27.8 Å². The molecule has 1 amide bonds. The van der Waals surface area contributed by atoms with Gasteiger partial charge < -0.3 is 4.90 Å². The molecule has 0 radical (unpaired) electrons. The minimum Gasteiger partial charge on any atom is -0.336 e. The number of aromatic nitrogens is 2. The lowest BCUT2D eigenvalue weighted by Crippen LogP contribution is -2.26. The highest BCUT2D eigenvalue weighted by molar-refractivity contribution is 6.29. The Kier molecular flexibility index (Phi) is 4.02. The zero-order valence-electron chi connectivity index (χ0n) is 12.0. The number of carbonyl (C=O) groups excluding carboxylic acids is 1. The highest BCUT2D eigenvalue weighted by Gasteiger charge is 2.13. The molecule has 22 heavy (non-hydrogen) atoms. The van der Waals surface area contributed by atoms with E-state index in [0.29, 0.717) is 17.3 Å². The zero-order chi connectivity index (χ0) is 15.5. The van der Waals surface area contributed by atoms with E-state index >= 15 is 0 Å². The van der Waals surface area contributed by atoms with Crippen molar-refractivity contribution in [2.45, 2.75) is 6.54 Å². The molecule has 0 aliphatic rings. The molecule has 0 saturated heterocycles. The Morgan fingerprint density at radius 1 is 1.18 bits per heavy atom. The Morgan fingerprint density at radius 2 is 2.05 bits per heavy atom. The molecule has 0 atom stereocenters. The molecular weight excluding hydrogens is 298 g/mol. The largest absolute Gasteiger partial charge is 0.336 e. The summed E-state index contributed by atoms with van der Waals surface area (Å²) in [4.78, 5) is 22.6. The Bertz CT molecular complexity index is 821. The molecule has 3 aromatic rings. The zero-order valence-corrected chi connectivity index (χ0v) is 12.8. The first kappa shape index (κ1) is 14.5. The van der Waals surface area contributed by atoms with Gasteiger partial charge in [-0.15, -0.1) is 0 Å². The number of amides is 1. The predicted octanol–water partition coefficient (Wildman–Crippen LogP) is 3.56. The van der Waals surface area contributed by atoms with Crippen molar-refractivity contribution in [3.05, 3.63) is 71.1 Å². The first-order valence-corrected chi connectivity index (χ1v) is 7.23. The topological polar surface area (TPSA) is 46.1 Å². The van der Waals surface area contributed by atoms with Crippen molar-refractivity contribution in [1.82, 2.24) is 14.9 Å². The van der Waals surface area contributed by atoms with Crippen LogP contribution >= 0.6 is 11.6 Å². The van der Waals surface area contributed by atoms with Gasteiger partial charge in [-0.2, -0.15) is 0 Å². The first-order valence-electron chi connectivity index (χ1n) is 6.85. The van der Waals surface area contributed by atoms with Gasteiger partial charge in [-0.3, -0.25) is 9.78 Å². The van der Waals surface area contributed by atoms with Gasteiger partial charge in [0, 0.05) is 24.2 Å². The molecular formula is C17H14ClN3O. The summed E-state index contributed by atoms with van der Waals surface area (Å²) in [7, 11) is 1.77. The fourth-order valence-corrected chi connectivity index (χ4v) is 2.41. The van der Waals surface area contributed by atoms with Gasteiger partial charge in [0.05, 0.1) is 17.8 Å². The van der Waals surface area contributed by atoms with Crippen LogP contribution in [0.2, 0.25) is 5.15 Å². The monoisotopic (exact) mass is 311 g/mol. The SMILES string of the molecule is CN(Cc1ccccn1)C(=O)c1ccc2nc(Cl)ccc2c1. The average molecular weight is 312 g/mol. The second-order valence-corrected chi connectivity index (χ2v) is 5.41. The number of carbonyl (C=O) groups is 1. The van der Waals surface area contributed by atoms with Crippen molar-refractivity contribution in [3.63, 3.8) is 0 Å².